The molecule has 1 rings (SSSR count). The molecule has 104 valence electrons. The highest BCUT2D eigenvalue weighted by atomic mass is 16.4. The number of urea groups is 1. The Morgan fingerprint density at radius 1 is 1.39 bits per heavy atom. The van der Waals surface area contributed by atoms with Crippen LogP contribution in [0.1, 0.15) is 34.1 Å². The summed E-state index contributed by atoms with van der Waals surface area (Å²) >= 11 is 0. The molecule has 5 nitrogen and oxygen atoms in total. The Morgan fingerprint density at radius 3 is 2.28 bits per heavy atom. The summed E-state index contributed by atoms with van der Waals surface area (Å²) in [4.78, 5) is 26.2. The van der Waals surface area contributed by atoms with Crippen LogP contribution in [0.15, 0.2) is 0 Å². The van der Waals surface area contributed by atoms with Gasteiger partial charge in [0.1, 0.15) is 0 Å². The van der Waals surface area contributed by atoms with E-state index in [9.17, 15) is 9.59 Å². The first-order valence-corrected chi connectivity index (χ1v) is 6.36. The molecule has 18 heavy (non-hydrogen) atoms. The first kappa shape index (κ1) is 14.8. The molecule has 1 heterocycles. The number of aliphatic carboxylic acids is 1. The summed E-state index contributed by atoms with van der Waals surface area (Å²) < 4.78 is 0. The molecule has 2 amide bonds. The molecule has 0 bridgehead atoms. The minimum Gasteiger partial charge on any atom is -0.481 e. The monoisotopic (exact) mass is 256 g/mol. The molecular weight excluding hydrogens is 232 g/mol. The maximum absolute atomic E-state index is 12.1. The van der Waals surface area contributed by atoms with Crippen molar-refractivity contribution in [3.8, 4) is 0 Å². The van der Waals surface area contributed by atoms with Gasteiger partial charge in [0.05, 0.1) is 6.42 Å². The zero-order valence-corrected chi connectivity index (χ0v) is 11.9. The number of carbonyl (C=O) groups is 2. The molecule has 0 aliphatic carbocycles. The molecule has 1 fully saturated rings. The SMILES string of the molecule is CC(N(C)C(=O)N1CC(CC(=O)O)C1)C(C)(C)C. The lowest BCUT2D eigenvalue weighted by molar-refractivity contribution is -0.139. The van der Waals surface area contributed by atoms with Crippen LogP contribution in [-0.2, 0) is 4.79 Å². The van der Waals surface area contributed by atoms with Crippen molar-refractivity contribution >= 4 is 12.0 Å². The van der Waals surface area contributed by atoms with Gasteiger partial charge in [0.25, 0.3) is 0 Å². The summed E-state index contributed by atoms with van der Waals surface area (Å²) in [5.74, 6) is -0.673. The van der Waals surface area contributed by atoms with E-state index in [-0.39, 0.29) is 29.8 Å². The van der Waals surface area contributed by atoms with Gasteiger partial charge < -0.3 is 14.9 Å². The fourth-order valence-corrected chi connectivity index (χ4v) is 2.07. The van der Waals surface area contributed by atoms with Gasteiger partial charge in [0.15, 0.2) is 0 Å². The van der Waals surface area contributed by atoms with Gasteiger partial charge in [0.2, 0.25) is 0 Å². The van der Waals surface area contributed by atoms with Crippen LogP contribution in [0.2, 0.25) is 0 Å². The van der Waals surface area contributed by atoms with Gasteiger partial charge in [-0.2, -0.15) is 0 Å². The zero-order chi connectivity index (χ0) is 14.1. The van der Waals surface area contributed by atoms with Gasteiger partial charge in [-0.1, -0.05) is 20.8 Å². The van der Waals surface area contributed by atoms with Crippen molar-refractivity contribution in [3.63, 3.8) is 0 Å². The summed E-state index contributed by atoms with van der Waals surface area (Å²) in [6, 6.07) is 0.141. The molecule has 1 aliphatic rings. The number of carboxylic acid groups (broad SMARTS) is 1. The Hall–Kier alpha value is -1.26. The van der Waals surface area contributed by atoms with Crippen molar-refractivity contribution in [2.75, 3.05) is 20.1 Å². The van der Waals surface area contributed by atoms with Crippen molar-refractivity contribution in [1.29, 1.82) is 0 Å². The fraction of sp³-hybridized carbons (Fsp3) is 0.846. The first-order valence-electron chi connectivity index (χ1n) is 6.36. The summed E-state index contributed by atoms with van der Waals surface area (Å²) in [6.45, 7) is 9.46. The van der Waals surface area contributed by atoms with Crippen LogP contribution in [0.4, 0.5) is 4.79 Å². The van der Waals surface area contributed by atoms with E-state index >= 15 is 0 Å². The Kier molecular flexibility index (Phi) is 4.24. The largest absolute Gasteiger partial charge is 0.481 e. The number of amides is 2. The quantitative estimate of drug-likeness (QED) is 0.838. The predicted octanol–water partition coefficient (Wildman–Crippen LogP) is 1.88. The van der Waals surface area contributed by atoms with E-state index in [1.54, 1.807) is 9.80 Å². The minimum atomic E-state index is -0.788. The van der Waals surface area contributed by atoms with E-state index in [1.807, 2.05) is 14.0 Å². The molecule has 1 unspecified atom stereocenters. The van der Waals surface area contributed by atoms with Crippen molar-refractivity contribution < 1.29 is 14.7 Å². The Bertz CT molecular complexity index is 330. The third kappa shape index (κ3) is 3.37. The van der Waals surface area contributed by atoms with Crippen LogP contribution in [0.3, 0.4) is 0 Å². The highest BCUT2D eigenvalue weighted by Gasteiger charge is 2.36. The smallest absolute Gasteiger partial charge is 0.320 e. The van der Waals surface area contributed by atoms with E-state index in [0.717, 1.165) is 0 Å². The second kappa shape index (κ2) is 5.16. The summed E-state index contributed by atoms with van der Waals surface area (Å²) in [5.41, 5.74) is 0.0374. The molecule has 0 spiro atoms. The Balaban J connectivity index is 2.46. The molecule has 0 aromatic rings. The molecule has 0 radical (unpaired) electrons. The van der Waals surface area contributed by atoms with Crippen molar-refractivity contribution in [3.05, 3.63) is 0 Å². The summed E-state index contributed by atoms with van der Waals surface area (Å²) in [7, 11) is 1.81. The average molecular weight is 256 g/mol. The number of carbonyl (C=O) groups excluding carboxylic acids is 1. The summed E-state index contributed by atoms with van der Waals surface area (Å²) in [6.07, 6.45) is 0.155. The normalized spacial score (nSPS) is 18.2. The maximum Gasteiger partial charge on any atom is 0.320 e. The van der Waals surface area contributed by atoms with Crippen LogP contribution in [0.5, 0.6) is 0 Å². The van der Waals surface area contributed by atoms with Crippen LogP contribution in [0, 0.1) is 11.3 Å². The maximum atomic E-state index is 12.1. The Labute approximate surface area is 109 Å². The van der Waals surface area contributed by atoms with Gasteiger partial charge >= 0.3 is 12.0 Å². The van der Waals surface area contributed by atoms with Crippen LogP contribution < -0.4 is 0 Å². The molecule has 5 heteroatoms. The van der Waals surface area contributed by atoms with Crippen LogP contribution >= 0.6 is 0 Å². The van der Waals surface area contributed by atoms with Crippen molar-refractivity contribution in [2.45, 2.75) is 40.2 Å². The molecule has 0 saturated carbocycles. The number of hydrogen-bond acceptors (Lipinski definition) is 2. The number of nitrogens with zero attached hydrogens (tertiary/aromatic N) is 2. The second-order valence-corrected chi connectivity index (χ2v) is 6.30. The minimum absolute atomic E-state index is 0.000867. The number of likely N-dealkylation sites (tertiary alicyclic amines) is 1. The van der Waals surface area contributed by atoms with E-state index < -0.39 is 5.97 Å². The lowest BCUT2D eigenvalue weighted by atomic mass is 9.87. The third-order valence-electron chi connectivity index (χ3n) is 3.83. The summed E-state index contributed by atoms with van der Waals surface area (Å²) in [5, 5.41) is 8.66. The van der Waals surface area contributed by atoms with E-state index in [4.69, 9.17) is 5.11 Å². The van der Waals surface area contributed by atoms with Gasteiger partial charge in [-0.3, -0.25) is 4.79 Å². The molecule has 0 aromatic heterocycles. The van der Waals surface area contributed by atoms with Crippen LogP contribution in [0.25, 0.3) is 0 Å². The molecule has 1 N–H and O–H groups in total. The third-order valence-corrected chi connectivity index (χ3v) is 3.83. The van der Waals surface area contributed by atoms with E-state index in [2.05, 4.69) is 20.8 Å². The van der Waals surface area contributed by atoms with Gasteiger partial charge in [-0.25, -0.2) is 4.79 Å². The average Bonchev–Trinajstić information content (AvgIpc) is 2.18. The van der Waals surface area contributed by atoms with Crippen molar-refractivity contribution in [1.82, 2.24) is 9.80 Å². The predicted molar refractivity (Wildman–Crippen MR) is 69.4 cm³/mol. The van der Waals surface area contributed by atoms with Crippen LogP contribution in [-0.4, -0.2) is 53.1 Å². The van der Waals surface area contributed by atoms with Gasteiger partial charge in [0, 0.05) is 32.1 Å². The molecule has 0 aromatic carbocycles. The zero-order valence-electron chi connectivity index (χ0n) is 11.9. The number of carboxylic acids is 1. The highest BCUT2D eigenvalue weighted by Crippen LogP contribution is 2.26. The topological polar surface area (TPSA) is 60.9 Å². The molecule has 1 saturated heterocycles. The Morgan fingerprint density at radius 2 is 1.89 bits per heavy atom. The first-order chi connectivity index (χ1) is 8.12. The molecule has 1 aliphatic heterocycles. The van der Waals surface area contributed by atoms with Crippen molar-refractivity contribution in [2.24, 2.45) is 11.3 Å². The lowest BCUT2D eigenvalue weighted by Crippen LogP contribution is -2.57. The molecule has 1 atom stereocenters. The number of hydrogen-bond donors (Lipinski definition) is 1. The highest BCUT2D eigenvalue weighted by molar-refractivity contribution is 5.76. The van der Waals surface area contributed by atoms with E-state index in [1.165, 1.54) is 0 Å². The second-order valence-electron chi connectivity index (χ2n) is 6.30. The van der Waals surface area contributed by atoms with Gasteiger partial charge in [-0.15, -0.1) is 0 Å². The standard InChI is InChI=1S/C13H24N2O3/c1-9(13(2,3)4)14(5)12(18)15-7-10(8-15)6-11(16)17/h9-10H,6-8H2,1-5H3,(H,16,17). The fourth-order valence-electron chi connectivity index (χ4n) is 2.07. The number of rotatable bonds is 3. The van der Waals surface area contributed by atoms with Gasteiger partial charge in [-0.05, 0) is 12.3 Å². The molecular formula is C13H24N2O3. The van der Waals surface area contributed by atoms with E-state index in [0.29, 0.717) is 13.1 Å². The lowest BCUT2D eigenvalue weighted by Gasteiger charge is -2.44.